The molecule has 0 aromatic heterocycles. The maximum Gasteiger partial charge on any atom is 0.154 e. The van der Waals surface area contributed by atoms with Crippen LogP contribution in [0.15, 0.2) is 12.1 Å². The second-order valence-electron chi connectivity index (χ2n) is 3.83. The zero-order valence-electron chi connectivity index (χ0n) is 8.45. The van der Waals surface area contributed by atoms with Gasteiger partial charge in [-0.25, -0.2) is 8.42 Å². The second kappa shape index (κ2) is 3.35. The van der Waals surface area contributed by atoms with Crippen LogP contribution in [0.4, 0.5) is 0 Å². The average Bonchev–Trinajstić information content (AvgIpc) is 2.16. The van der Waals surface area contributed by atoms with Crippen molar-refractivity contribution in [3.8, 4) is 6.07 Å². The molecular formula is C11H11NO2S. The van der Waals surface area contributed by atoms with E-state index in [0.29, 0.717) is 12.0 Å². The van der Waals surface area contributed by atoms with Gasteiger partial charge in [-0.15, -0.1) is 0 Å². The lowest BCUT2D eigenvalue weighted by molar-refractivity contribution is 0.591. The van der Waals surface area contributed by atoms with Gasteiger partial charge in [-0.1, -0.05) is 6.07 Å². The predicted molar refractivity (Wildman–Crippen MR) is 57.1 cm³/mol. The highest BCUT2D eigenvalue weighted by atomic mass is 32.2. The van der Waals surface area contributed by atoms with Crippen LogP contribution in [0.5, 0.6) is 0 Å². The van der Waals surface area contributed by atoms with Gasteiger partial charge in [0.25, 0.3) is 0 Å². The summed E-state index contributed by atoms with van der Waals surface area (Å²) in [6.07, 6.45) is 0.541. The first kappa shape index (κ1) is 10.2. The van der Waals surface area contributed by atoms with E-state index in [1.807, 2.05) is 6.92 Å². The zero-order valence-corrected chi connectivity index (χ0v) is 9.26. The van der Waals surface area contributed by atoms with Crippen LogP contribution in [0, 0.1) is 18.3 Å². The molecule has 0 amide bonds. The molecule has 1 aliphatic rings. The molecule has 78 valence electrons. The molecule has 1 aromatic carbocycles. The van der Waals surface area contributed by atoms with Crippen LogP contribution in [0.3, 0.4) is 0 Å². The van der Waals surface area contributed by atoms with Crippen LogP contribution >= 0.6 is 0 Å². The number of sulfone groups is 1. The normalized spacial score (nSPS) is 17.9. The minimum absolute atomic E-state index is 0.120. The molecule has 1 heterocycles. The summed E-state index contributed by atoms with van der Waals surface area (Å²) in [4.78, 5) is 0. The first-order valence-electron chi connectivity index (χ1n) is 4.75. The van der Waals surface area contributed by atoms with Gasteiger partial charge < -0.3 is 0 Å². The molecule has 0 unspecified atom stereocenters. The van der Waals surface area contributed by atoms with E-state index >= 15 is 0 Å². The van der Waals surface area contributed by atoms with E-state index in [-0.39, 0.29) is 11.5 Å². The van der Waals surface area contributed by atoms with E-state index in [1.165, 1.54) is 0 Å². The summed E-state index contributed by atoms with van der Waals surface area (Å²) >= 11 is 0. The van der Waals surface area contributed by atoms with Crippen molar-refractivity contribution >= 4 is 9.84 Å². The molecule has 0 radical (unpaired) electrons. The SMILES string of the molecule is Cc1c(C#N)ccc2c1CCS(=O)(=O)C2. The molecule has 0 fully saturated rings. The lowest BCUT2D eigenvalue weighted by Gasteiger charge is -2.18. The lowest BCUT2D eigenvalue weighted by Crippen LogP contribution is -2.20. The summed E-state index contributed by atoms with van der Waals surface area (Å²) < 4.78 is 22.8. The van der Waals surface area contributed by atoms with Crippen LogP contribution in [0.2, 0.25) is 0 Å². The Morgan fingerprint density at radius 2 is 2.13 bits per heavy atom. The molecule has 0 N–H and O–H groups in total. The summed E-state index contributed by atoms with van der Waals surface area (Å²) in [5.41, 5.74) is 3.49. The summed E-state index contributed by atoms with van der Waals surface area (Å²) in [5, 5.41) is 8.85. The molecule has 1 aromatic rings. The average molecular weight is 221 g/mol. The Balaban J connectivity index is 2.59. The minimum Gasteiger partial charge on any atom is -0.228 e. The number of hydrogen-bond acceptors (Lipinski definition) is 3. The highest BCUT2D eigenvalue weighted by Gasteiger charge is 2.23. The van der Waals surface area contributed by atoms with Crippen LogP contribution < -0.4 is 0 Å². The van der Waals surface area contributed by atoms with Crippen molar-refractivity contribution in [3.63, 3.8) is 0 Å². The topological polar surface area (TPSA) is 57.9 Å². The monoisotopic (exact) mass is 221 g/mol. The summed E-state index contributed by atoms with van der Waals surface area (Å²) in [6.45, 7) is 1.88. The third-order valence-electron chi connectivity index (χ3n) is 2.85. The zero-order chi connectivity index (χ0) is 11.1. The number of benzene rings is 1. The van der Waals surface area contributed by atoms with Gasteiger partial charge in [-0.05, 0) is 36.1 Å². The third-order valence-corrected chi connectivity index (χ3v) is 4.43. The van der Waals surface area contributed by atoms with Crippen LogP contribution in [-0.2, 0) is 22.0 Å². The van der Waals surface area contributed by atoms with Gasteiger partial charge in [0.05, 0.1) is 23.1 Å². The summed E-state index contributed by atoms with van der Waals surface area (Å²) in [6, 6.07) is 5.58. The van der Waals surface area contributed by atoms with Crippen LogP contribution in [0.1, 0.15) is 22.3 Å². The Labute approximate surface area is 89.3 Å². The van der Waals surface area contributed by atoms with E-state index < -0.39 is 9.84 Å². The fourth-order valence-electron chi connectivity index (χ4n) is 1.98. The van der Waals surface area contributed by atoms with Crippen molar-refractivity contribution in [1.82, 2.24) is 0 Å². The van der Waals surface area contributed by atoms with Crippen LogP contribution in [0.25, 0.3) is 0 Å². The molecule has 0 atom stereocenters. The van der Waals surface area contributed by atoms with Crippen molar-refractivity contribution in [2.75, 3.05) is 5.75 Å². The molecule has 0 bridgehead atoms. The van der Waals surface area contributed by atoms with Gasteiger partial charge in [0, 0.05) is 0 Å². The van der Waals surface area contributed by atoms with Gasteiger partial charge >= 0.3 is 0 Å². The van der Waals surface area contributed by atoms with E-state index in [9.17, 15) is 8.42 Å². The first-order chi connectivity index (χ1) is 7.03. The number of nitriles is 1. The molecule has 4 heteroatoms. The lowest BCUT2D eigenvalue weighted by atomic mass is 9.96. The second-order valence-corrected chi connectivity index (χ2v) is 6.01. The number of hydrogen-bond donors (Lipinski definition) is 0. The van der Waals surface area contributed by atoms with Crippen molar-refractivity contribution < 1.29 is 8.42 Å². The molecule has 0 saturated heterocycles. The first-order valence-corrected chi connectivity index (χ1v) is 6.57. The molecule has 0 spiro atoms. The molecule has 0 saturated carbocycles. The third kappa shape index (κ3) is 1.75. The number of fused-ring (bicyclic) bond motifs is 1. The molecule has 2 rings (SSSR count). The van der Waals surface area contributed by atoms with Crippen molar-refractivity contribution in [2.24, 2.45) is 0 Å². The Bertz CT molecular complexity index is 553. The predicted octanol–water partition coefficient (Wildman–Crippen LogP) is 1.34. The number of rotatable bonds is 0. The van der Waals surface area contributed by atoms with Gasteiger partial charge in [0.2, 0.25) is 0 Å². The maximum atomic E-state index is 11.4. The fraction of sp³-hybridized carbons (Fsp3) is 0.364. The van der Waals surface area contributed by atoms with Gasteiger partial charge in [-0.3, -0.25) is 0 Å². The number of nitrogens with zero attached hydrogens (tertiary/aromatic N) is 1. The highest BCUT2D eigenvalue weighted by Crippen LogP contribution is 2.25. The van der Waals surface area contributed by atoms with E-state index in [4.69, 9.17) is 5.26 Å². The Morgan fingerprint density at radius 3 is 2.80 bits per heavy atom. The largest absolute Gasteiger partial charge is 0.228 e. The fourth-order valence-corrected chi connectivity index (χ4v) is 3.39. The van der Waals surface area contributed by atoms with Crippen molar-refractivity contribution in [1.29, 1.82) is 5.26 Å². The van der Waals surface area contributed by atoms with E-state index in [0.717, 1.165) is 16.7 Å². The van der Waals surface area contributed by atoms with Gasteiger partial charge in [0.15, 0.2) is 9.84 Å². The summed E-state index contributed by atoms with van der Waals surface area (Å²) in [5.74, 6) is 0.324. The van der Waals surface area contributed by atoms with Gasteiger partial charge in [-0.2, -0.15) is 5.26 Å². The standard InChI is InChI=1S/C11H11NO2S/c1-8-9(6-12)2-3-10-7-15(13,14)5-4-11(8)10/h2-3H,4-5,7H2,1H3. The quantitative estimate of drug-likeness (QED) is 0.664. The van der Waals surface area contributed by atoms with Gasteiger partial charge in [0.1, 0.15) is 0 Å². The molecular weight excluding hydrogens is 210 g/mol. The van der Waals surface area contributed by atoms with E-state index in [1.54, 1.807) is 12.1 Å². The van der Waals surface area contributed by atoms with Crippen LogP contribution in [-0.4, -0.2) is 14.2 Å². The maximum absolute atomic E-state index is 11.4. The van der Waals surface area contributed by atoms with Crippen molar-refractivity contribution in [2.45, 2.75) is 19.1 Å². The summed E-state index contributed by atoms with van der Waals surface area (Å²) in [7, 11) is -2.92. The molecule has 3 nitrogen and oxygen atoms in total. The van der Waals surface area contributed by atoms with Crippen molar-refractivity contribution in [3.05, 3.63) is 34.4 Å². The highest BCUT2D eigenvalue weighted by molar-refractivity contribution is 7.90. The van der Waals surface area contributed by atoms with E-state index in [2.05, 4.69) is 6.07 Å². The molecule has 15 heavy (non-hydrogen) atoms. The Hall–Kier alpha value is -1.34. The smallest absolute Gasteiger partial charge is 0.154 e. The Morgan fingerprint density at radius 1 is 1.40 bits per heavy atom. The minimum atomic E-state index is -2.92. The molecule has 0 aliphatic carbocycles. The Kier molecular flexibility index (Phi) is 2.28. The molecule has 1 aliphatic heterocycles.